The van der Waals surface area contributed by atoms with Gasteiger partial charge in [0.2, 0.25) is 0 Å². The second-order valence-corrected chi connectivity index (χ2v) is 3.82. The van der Waals surface area contributed by atoms with Crippen LogP contribution >= 0.6 is 0 Å². The molecule has 0 atom stereocenters. The van der Waals surface area contributed by atoms with E-state index in [1.54, 1.807) is 0 Å². The summed E-state index contributed by atoms with van der Waals surface area (Å²) in [6.07, 6.45) is 2.05. The standard InChI is InChI=1S/C13H17N3/c1-3-16-10-13(11(2)15-16)14-9-12-7-5-4-6-8-12/h4-8,10,14H,3,9H2,1-2H3. The molecule has 0 aliphatic heterocycles. The van der Waals surface area contributed by atoms with E-state index in [0.29, 0.717) is 0 Å². The lowest BCUT2D eigenvalue weighted by Gasteiger charge is -2.04. The Morgan fingerprint density at radius 2 is 2.00 bits per heavy atom. The lowest BCUT2D eigenvalue weighted by Crippen LogP contribution is -1.99. The van der Waals surface area contributed by atoms with Gasteiger partial charge >= 0.3 is 0 Å². The van der Waals surface area contributed by atoms with Gasteiger partial charge in [-0.05, 0) is 19.4 Å². The van der Waals surface area contributed by atoms with Gasteiger partial charge in [0.05, 0.1) is 11.4 Å². The van der Waals surface area contributed by atoms with Crippen molar-refractivity contribution in [1.29, 1.82) is 0 Å². The highest BCUT2D eigenvalue weighted by Gasteiger charge is 2.02. The smallest absolute Gasteiger partial charge is 0.0825 e. The van der Waals surface area contributed by atoms with Crippen molar-refractivity contribution in [2.75, 3.05) is 5.32 Å². The van der Waals surface area contributed by atoms with E-state index in [9.17, 15) is 0 Å². The fraction of sp³-hybridized carbons (Fsp3) is 0.308. The van der Waals surface area contributed by atoms with Gasteiger partial charge in [0.25, 0.3) is 0 Å². The van der Waals surface area contributed by atoms with E-state index in [2.05, 4.69) is 47.8 Å². The SMILES string of the molecule is CCn1cc(NCc2ccccc2)c(C)n1. The molecule has 1 N–H and O–H groups in total. The third-order valence-electron chi connectivity index (χ3n) is 2.60. The Morgan fingerprint density at radius 1 is 1.25 bits per heavy atom. The summed E-state index contributed by atoms with van der Waals surface area (Å²) in [5.41, 5.74) is 3.45. The van der Waals surface area contributed by atoms with Crippen LogP contribution < -0.4 is 5.32 Å². The molecule has 0 saturated carbocycles. The number of nitrogens with one attached hydrogen (secondary N) is 1. The molecule has 0 fully saturated rings. The van der Waals surface area contributed by atoms with Crippen LogP contribution in [0.2, 0.25) is 0 Å². The fourth-order valence-electron chi connectivity index (χ4n) is 1.65. The van der Waals surface area contributed by atoms with Crippen molar-refractivity contribution in [3.63, 3.8) is 0 Å². The van der Waals surface area contributed by atoms with Crippen LogP contribution in [0.4, 0.5) is 5.69 Å². The zero-order valence-corrected chi connectivity index (χ0v) is 9.77. The van der Waals surface area contributed by atoms with Crippen molar-refractivity contribution in [1.82, 2.24) is 9.78 Å². The average molecular weight is 215 g/mol. The molecule has 2 aromatic rings. The monoisotopic (exact) mass is 215 g/mol. The Labute approximate surface area is 96.1 Å². The minimum atomic E-state index is 0.844. The zero-order chi connectivity index (χ0) is 11.4. The number of benzene rings is 1. The molecule has 2 rings (SSSR count). The molecule has 0 unspecified atom stereocenters. The van der Waals surface area contributed by atoms with Crippen LogP contribution in [0, 0.1) is 6.92 Å². The van der Waals surface area contributed by atoms with Gasteiger partial charge in [-0.2, -0.15) is 5.10 Å². The lowest BCUT2D eigenvalue weighted by molar-refractivity contribution is 0.653. The van der Waals surface area contributed by atoms with Crippen LogP contribution in [-0.2, 0) is 13.1 Å². The molecule has 0 aliphatic rings. The van der Waals surface area contributed by atoms with Crippen molar-refractivity contribution in [3.05, 3.63) is 47.8 Å². The van der Waals surface area contributed by atoms with Gasteiger partial charge in [0.1, 0.15) is 0 Å². The predicted octanol–water partition coefficient (Wildman–Crippen LogP) is 2.82. The number of nitrogens with zero attached hydrogens (tertiary/aromatic N) is 2. The van der Waals surface area contributed by atoms with Crippen LogP contribution in [0.1, 0.15) is 18.2 Å². The van der Waals surface area contributed by atoms with Crippen molar-refractivity contribution in [2.24, 2.45) is 0 Å². The van der Waals surface area contributed by atoms with Gasteiger partial charge in [-0.25, -0.2) is 0 Å². The normalized spacial score (nSPS) is 10.4. The molecule has 0 aliphatic carbocycles. The molecule has 0 bridgehead atoms. The van der Waals surface area contributed by atoms with E-state index in [-0.39, 0.29) is 0 Å². The van der Waals surface area contributed by atoms with Crippen LogP contribution in [0.3, 0.4) is 0 Å². The minimum absolute atomic E-state index is 0.844. The third-order valence-corrected chi connectivity index (χ3v) is 2.60. The molecule has 84 valence electrons. The van der Waals surface area contributed by atoms with Crippen LogP contribution in [0.25, 0.3) is 0 Å². The maximum Gasteiger partial charge on any atom is 0.0825 e. The zero-order valence-electron chi connectivity index (χ0n) is 9.77. The molecule has 0 amide bonds. The average Bonchev–Trinajstić information content (AvgIpc) is 2.69. The van der Waals surface area contributed by atoms with Gasteiger partial charge in [-0.1, -0.05) is 30.3 Å². The predicted molar refractivity (Wildman–Crippen MR) is 66.4 cm³/mol. The number of hydrogen-bond acceptors (Lipinski definition) is 2. The molecular formula is C13H17N3. The van der Waals surface area contributed by atoms with E-state index in [0.717, 1.165) is 24.5 Å². The summed E-state index contributed by atoms with van der Waals surface area (Å²) in [6.45, 7) is 5.87. The second-order valence-electron chi connectivity index (χ2n) is 3.82. The second kappa shape index (κ2) is 4.84. The van der Waals surface area contributed by atoms with Crippen LogP contribution in [0.15, 0.2) is 36.5 Å². The van der Waals surface area contributed by atoms with Crippen molar-refractivity contribution >= 4 is 5.69 Å². The molecule has 1 aromatic heterocycles. The fourth-order valence-corrected chi connectivity index (χ4v) is 1.65. The van der Waals surface area contributed by atoms with Gasteiger partial charge in [-0.3, -0.25) is 4.68 Å². The van der Waals surface area contributed by atoms with Crippen molar-refractivity contribution < 1.29 is 0 Å². The largest absolute Gasteiger partial charge is 0.378 e. The maximum atomic E-state index is 4.40. The summed E-state index contributed by atoms with van der Waals surface area (Å²) in [4.78, 5) is 0. The summed E-state index contributed by atoms with van der Waals surface area (Å²) in [7, 11) is 0. The molecule has 3 heteroatoms. The topological polar surface area (TPSA) is 29.9 Å². The van der Waals surface area contributed by atoms with E-state index in [1.165, 1.54) is 5.56 Å². The number of rotatable bonds is 4. The molecule has 1 heterocycles. The summed E-state index contributed by atoms with van der Waals surface area (Å²) < 4.78 is 1.95. The van der Waals surface area contributed by atoms with Gasteiger partial charge in [0.15, 0.2) is 0 Å². The van der Waals surface area contributed by atoms with E-state index in [1.807, 2.05) is 17.7 Å². The number of aromatic nitrogens is 2. The highest BCUT2D eigenvalue weighted by Crippen LogP contribution is 2.13. The summed E-state index contributed by atoms with van der Waals surface area (Å²) >= 11 is 0. The van der Waals surface area contributed by atoms with Gasteiger partial charge in [0, 0.05) is 19.3 Å². The molecule has 16 heavy (non-hydrogen) atoms. The van der Waals surface area contributed by atoms with E-state index in [4.69, 9.17) is 0 Å². The molecule has 3 nitrogen and oxygen atoms in total. The Bertz CT molecular complexity index is 445. The van der Waals surface area contributed by atoms with Crippen LogP contribution in [0.5, 0.6) is 0 Å². The highest BCUT2D eigenvalue weighted by atomic mass is 15.3. The molecule has 0 radical (unpaired) electrons. The maximum absolute atomic E-state index is 4.40. The number of anilines is 1. The van der Waals surface area contributed by atoms with Gasteiger partial charge < -0.3 is 5.32 Å². The molecule has 0 spiro atoms. The molecular weight excluding hydrogens is 198 g/mol. The Kier molecular flexibility index (Phi) is 3.25. The highest BCUT2D eigenvalue weighted by molar-refractivity contribution is 5.46. The third kappa shape index (κ3) is 2.42. The van der Waals surface area contributed by atoms with Crippen molar-refractivity contribution in [2.45, 2.75) is 26.9 Å². The van der Waals surface area contributed by atoms with Gasteiger partial charge in [-0.15, -0.1) is 0 Å². The number of aryl methyl sites for hydroxylation is 2. The van der Waals surface area contributed by atoms with E-state index < -0.39 is 0 Å². The first kappa shape index (κ1) is 10.7. The lowest BCUT2D eigenvalue weighted by atomic mass is 10.2. The Hall–Kier alpha value is -1.77. The summed E-state index contributed by atoms with van der Waals surface area (Å²) in [6, 6.07) is 10.4. The first-order chi connectivity index (χ1) is 7.79. The summed E-state index contributed by atoms with van der Waals surface area (Å²) in [5, 5.41) is 7.80. The summed E-state index contributed by atoms with van der Waals surface area (Å²) in [5.74, 6) is 0. The Morgan fingerprint density at radius 3 is 2.62 bits per heavy atom. The first-order valence-electron chi connectivity index (χ1n) is 5.61. The minimum Gasteiger partial charge on any atom is -0.378 e. The number of hydrogen-bond donors (Lipinski definition) is 1. The van der Waals surface area contributed by atoms with Crippen LogP contribution in [-0.4, -0.2) is 9.78 Å². The molecule has 0 saturated heterocycles. The Balaban J connectivity index is 2.02. The van der Waals surface area contributed by atoms with E-state index >= 15 is 0 Å². The van der Waals surface area contributed by atoms with Crippen molar-refractivity contribution in [3.8, 4) is 0 Å². The quantitative estimate of drug-likeness (QED) is 0.850. The molecule has 1 aromatic carbocycles. The first-order valence-corrected chi connectivity index (χ1v) is 5.61.